The van der Waals surface area contributed by atoms with Gasteiger partial charge in [0.25, 0.3) is 11.6 Å². The maximum absolute atomic E-state index is 12.9. The predicted octanol–water partition coefficient (Wildman–Crippen LogP) is 4.63. The number of fused-ring (bicyclic) bond motifs is 1. The fraction of sp³-hybridized carbons (Fsp3) is 0.278. The Bertz CT molecular complexity index is 902. The lowest BCUT2D eigenvalue weighted by Crippen LogP contribution is -2.14. The normalized spacial score (nSPS) is 11.2. The van der Waals surface area contributed by atoms with Gasteiger partial charge in [-0.3, -0.25) is 4.79 Å². The summed E-state index contributed by atoms with van der Waals surface area (Å²) in [6, 6.07) is 9.56. The van der Waals surface area contributed by atoms with Crippen molar-refractivity contribution in [2.24, 2.45) is 0 Å². The van der Waals surface area contributed by atoms with Crippen LogP contribution in [0, 0.1) is 6.92 Å². The van der Waals surface area contributed by atoms with Crippen LogP contribution in [-0.4, -0.2) is 22.3 Å². The number of thioether (sulfide) groups is 1. The first-order valence-electron chi connectivity index (χ1n) is 7.72. The standard InChI is InChI=1S/C18H19N3O2S/c1-10(2)14-9-12(16-11(3)21-23-18(16)20-14)17(22)19-13-7-5-6-8-15(13)24-4/h5-10H,1-4H3,(H,19,22). The number of anilines is 1. The van der Waals surface area contributed by atoms with Gasteiger partial charge in [0.2, 0.25) is 0 Å². The Morgan fingerprint density at radius 2 is 2.04 bits per heavy atom. The first-order valence-corrected chi connectivity index (χ1v) is 8.95. The molecule has 0 atom stereocenters. The average molecular weight is 341 g/mol. The second-order valence-corrected chi connectivity index (χ2v) is 6.70. The first kappa shape index (κ1) is 16.5. The lowest BCUT2D eigenvalue weighted by Gasteiger charge is -2.11. The summed E-state index contributed by atoms with van der Waals surface area (Å²) in [4.78, 5) is 18.4. The molecule has 0 bridgehead atoms. The minimum atomic E-state index is -0.183. The van der Waals surface area contributed by atoms with Crippen molar-refractivity contribution in [3.05, 3.63) is 47.3 Å². The van der Waals surface area contributed by atoms with Gasteiger partial charge >= 0.3 is 0 Å². The number of rotatable bonds is 4. The van der Waals surface area contributed by atoms with Gasteiger partial charge in [0.05, 0.1) is 22.3 Å². The van der Waals surface area contributed by atoms with Crippen LogP contribution in [0.1, 0.15) is 41.5 Å². The molecule has 0 fully saturated rings. The number of nitrogens with zero attached hydrogens (tertiary/aromatic N) is 2. The Labute approximate surface area is 144 Å². The van der Waals surface area contributed by atoms with Crippen molar-refractivity contribution in [3.8, 4) is 0 Å². The third-order valence-electron chi connectivity index (χ3n) is 3.83. The number of carbonyl (C=O) groups is 1. The molecule has 0 saturated heterocycles. The molecule has 1 amide bonds. The van der Waals surface area contributed by atoms with Crippen molar-refractivity contribution in [3.63, 3.8) is 0 Å². The van der Waals surface area contributed by atoms with Gasteiger partial charge in [0.1, 0.15) is 0 Å². The van der Waals surface area contributed by atoms with Gasteiger partial charge in [-0.25, -0.2) is 4.98 Å². The summed E-state index contributed by atoms with van der Waals surface area (Å²) in [5, 5.41) is 7.62. The zero-order valence-electron chi connectivity index (χ0n) is 14.1. The lowest BCUT2D eigenvalue weighted by molar-refractivity contribution is 0.102. The molecule has 0 aliphatic carbocycles. The highest BCUT2D eigenvalue weighted by Gasteiger charge is 2.20. The van der Waals surface area contributed by atoms with E-state index in [0.717, 1.165) is 16.3 Å². The molecule has 2 heterocycles. The first-order chi connectivity index (χ1) is 11.5. The Hall–Kier alpha value is -2.34. The smallest absolute Gasteiger partial charge is 0.259 e. The molecule has 5 nitrogen and oxygen atoms in total. The van der Waals surface area contributed by atoms with Crippen LogP contribution in [0.25, 0.3) is 11.1 Å². The van der Waals surface area contributed by atoms with Gasteiger partial charge in [0, 0.05) is 10.6 Å². The number of benzene rings is 1. The molecule has 1 aromatic carbocycles. The Morgan fingerprint density at radius 1 is 1.29 bits per heavy atom. The summed E-state index contributed by atoms with van der Waals surface area (Å²) in [7, 11) is 0. The Morgan fingerprint density at radius 3 is 2.75 bits per heavy atom. The summed E-state index contributed by atoms with van der Waals surface area (Å²) in [6.07, 6.45) is 1.98. The minimum absolute atomic E-state index is 0.183. The number of hydrogen-bond donors (Lipinski definition) is 1. The fourth-order valence-electron chi connectivity index (χ4n) is 2.53. The molecule has 6 heteroatoms. The molecule has 0 spiro atoms. The highest BCUT2D eigenvalue weighted by Crippen LogP contribution is 2.28. The molecule has 3 aromatic rings. The molecule has 0 radical (unpaired) electrons. The van der Waals surface area contributed by atoms with Gasteiger partial charge in [-0.2, -0.15) is 0 Å². The van der Waals surface area contributed by atoms with E-state index in [1.807, 2.05) is 57.4 Å². The van der Waals surface area contributed by atoms with E-state index >= 15 is 0 Å². The number of amides is 1. The molecular formula is C18H19N3O2S. The highest BCUT2D eigenvalue weighted by atomic mass is 32.2. The third-order valence-corrected chi connectivity index (χ3v) is 4.62. The zero-order valence-corrected chi connectivity index (χ0v) is 14.9. The van der Waals surface area contributed by atoms with Crippen LogP contribution in [0.15, 0.2) is 39.8 Å². The number of pyridine rings is 1. The van der Waals surface area contributed by atoms with E-state index in [-0.39, 0.29) is 11.8 Å². The van der Waals surface area contributed by atoms with E-state index in [9.17, 15) is 4.79 Å². The minimum Gasteiger partial charge on any atom is -0.336 e. The van der Waals surface area contributed by atoms with Crippen molar-refractivity contribution >= 4 is 34.5 Å². The summed E-state index contributed by atoms with van der Waals surface area (Å²) in [6.45, 7) is 5.87. The van der Waals surface area contributed by atoms with Crippen LogP contribution in [0.3, 0.4) is 0 Å². The highest BCUT2D eigenvalue weighted by molar-refractivity contribution is 7.98. The number of hydrogen-bond acceptors (Lipinski definition) is 5. The van der Waals surface area contributed by atoms with Crippen molar-refractivity contribution in [2.75, 3.05) is 11.6 Å². The largest absolute Gasteiger partial charge is 0.336 e. The second-order valence-electron chi connectivity index (χ2n) is 5.85. The molecule has 3 rings (SSSR count). The van der Waals surface area contributed by atoms with E-state index in [1.54, 1.807) is 11.8 Å². The number of carbonyl (C=O) groups excluding carboxylic acids is 1. The summed E-state index contributed by atoms with van der Waals surface area (Å²) in [5.41, 5.74) is 3.21. The van der Waals surface area contributed by atoms with Gasteiger partial charge in [-0.05, 0) is 37.3 Å². The molecule has 1 N–H and O–H groups in total. The molecule has 2 aromatic heterocycles. The van der Waals surface area contributed by atoms with Crippen molar-refractivity contribution in [1.82, 2.24) is 10.1 Å². The van der Waals surface area contributed by atoms with Crippen LogP contribution in [0.4, 0.5) is 5.69 Å². The van der Waals surface area contributed by atoms with Gasteiger partial charge in [-0.15, -0.1) is 11.8 Å². The number of aryl methyl sites for hydroxylation is 1. The third kappa shape index (κ3) is 3.01. The van der Waals surface area contributed by atoms with E-state index in [4.69, 9.17) is 4.52 Å². The predicted molar refractivity (Wildman–Crippen MR) is 96.8 cm³/mol. The summed E-state index contributed by atoms with van der Waals surface area (Å²) >= 11 is 1.59. The van der Waals surface area contributed by atoms with Gasteiger partial charge < -0.3 is 9.84 Å². The lowest BCUT2D eigenvalue weighted by atomic mass is 10.0. The topological polar surface area (TPSA) is 68.0 Å². The van der Waals surface area contributed by atoms with Crippen molar-refractivity contribution in [1.29, 1.82) is 0 Å². The van der Waals surface area contributed by atoms with Crippen molar-refractivity contribution < 1.29 is 9.32 Å². The maximum Gasteiger partial charge on any atom is 0.259 e. The zero-order chi connectivity index (χ0) is 17.3. The monoisotopic (exact) mass is 341 g/mol. The molecule has 0 aliphatic rings. The van der Waals surface area contributed by atoms with E-state index in [0.29, 0.717) is 22.4 Å². The SMILES string of the molecule is CSc1ccccc1NC(=O)c1cc(C(C)C)nc2onc(C)c12. The maximum atomic E-state index is 12.9. The molecule has 0 saturated carbocycles. The summed E-state index contributed by atoms with van der Waals surface area (Å²) < 4.78 is 5.28. The second kappa shape index (κ2) is 6.65. The van der Waals surface area contributed by atoms with Crippen molar-refractivity contribution in [2.45, 2.75) is 31.6 Å². The van der Waals surface area contributed by atoms with Crippen LogP contribution in [-0.2, 0) is 0 Å². The molecule has 24 heavy (non-hydrogen) atoms. The summed E-state index contributed by atoms with van der Waals surface area (Å²) in [5.74, 6) is 0.00180. The Kier molecular flexibility index (Phi) is 4.57. The van der Waals surface area contributed by atoms with Crippen LogP contribution >= 0.6 is 11.8 Å². The molecule has 124 valence electrons. The van der Waals surface area contributed by atoms with E-state index < -0.39 is 0 Å². The number of aromatic nitrogens is 2. The Balaban J connectivity index is 2.07. The number of nitrogens with one attached hydrogen (secondary N) is 1. The van der Waals surface area contributed by atoms with Crippen LogP contribution in [0.5, 0.6) is 0 Å². The van der Waals surface area contributed by atoms with Crippen LogP contribution in [0.2, 0.25) is 0 Å². The fourth-order valence-corrected chi connectivity index (χ4v) is 3.08. The number of para-hydroxylation sites is 1. The van der Waals surface area contributed by atoms with Gasteiger partial charge in [-0.1, -0.05) is 31.1 Å². The van der Waals surface area contributed by atoms with Gasteiger partial charge in [0.15, 0.2) is 0 Å². The molecule has 0 aliphatic heterocycles. The van der Waals surface area contributed by atoms with E-state index in [2.05, 4.69) is 15.5 Å². The van der Waals surface area contributed by atoms with Crippen LogP contribution < -0.4 is 5.32 Å². The van der Waals surface area contributed by atoms with E-state index in [1.165, 1.54) is 0 Å². The quantitative estimate of drug-likeness (QED) is 0.701. The average Bonchev–Trinajstić information content (AvgIpc) is 2.95. The molecular weight excluding hydrogens is 322 g/mol. The molecule has 0 unspecified atom stereocenters.